The van der Waals surface area contributed by atoms with Gasteiger partial charge in [0.2, 0.25) is 5.76 Å². The van der Waals surface area contributed by atoms with Gasteiger partial charge in [0.15, 0.2) is 0 Å². The molecule has 0 amide bonds. The summed E-state index contributed by atoms with van der Waals surface area (Å²) in [6.45, 7) is 2.44. The van der Waals surface area contributed by atoms with Gasteiger partial charge in [-0.2, -0.15) is 0 Å². The van der Waals surface area contributed by atoms with Gasteiger partial charge in [0.05, 0.1) is 39.1 Å². The third kappa shape index (κ3) is 5.76. The van der Waals surface area contributed by atoms with Crippen LogP contribution in [-0.4, -0.2) is 58.7 Å². The van der Waals surface area contributed by atoms with E-state index in [0.29, 0.717) is 33.0 Å². The number of carbonyl (C=O) groups excluding carboxylic acids is 2. The van der Waals surface area contributed by atoms with E-state index < -0.39 is 11.9 Å². The molecular weight excluding hydrogens is 244 g/mol. The van der Waals surface area contributed by atoms with Gasteiger partial charge >= 0.3 is 11.9 Å². The van der Waals surface area contributed by atoms with Crippen molar-refractivity contribution in [3.8, 4) is 0 Å². The summed E-state index contributed by atoms with van der Waals surface area (Å²) in [6.07, 6.45) is 1.01. The second-order valence-electron chi connectivity index (χ2n) is 3.28. The number of rotatable bonds is 10. The fourth-order valence-corrected chi connectivity index (χ4v) is 1.11. The van der Waals surface area contributed by atoms with Crippen molar-refractivity contribution in [3.05, 3.63) is 11.8 Å². The molecule has 0 N–H and O–H groups in total. The minimum Gasteiger partial charge on any atom is -0.484 e. The predicted molar refractivity (Wildman–Crippen MR) is 58.6 cm³/mol. The Balaban J connectivity index is 1.91. The number of esters is 2. The van der Waals surface area contributed by atoms with E-state index in [1.54, 1.807) is 7.11 Å². The molecule has 0 aromatic carbocycles. The topological polar surface area (TPSA) is 80.3 Å². The molecular formula is C11H16O7. The van der Waals surface area contributed by atoms with Crippen molar-refractivity contribution in [1.29, 1.82) is 0 Å². The van der Waals surface area contributed by atoms with Gasteiger partial charge in [0.1, 0.15) is 6.61 Å². The Bertz CT molecular complexity index is 311. The standard InChI is InChI=1S/C11H16O7/c1-14-2-3-15-4-5-16-6-7-17-9-8-10(12)18-11(9)13/h8H,2-7H2,1H3. The zero-order chi connectivity index (χ0) is 13.2. The van der Waals surface area contributed by atoms with Crippen molar-refractivity contribution in [3.63, 3.8) is 0 Å². The molecule has 18 heavy (non-hydrogen) atoms. The van der Waals surface area contributed by atoms with E-state index in [-0.39, 0.29) is 12.4 Å². The summed E-state index contributed by atoms with van der Waals surface area (Å²) in [5.41, 5.74) is 0. The van der Waals surface area contributed by atoms with Crippen LogP contribution < -0.4 is 0 Å². The normalized spacial score (nSPS) is 14.6. The molecule has 0 radical (unpaired) electrons. The highest BCUT2D eigenvalue weighted by Crippen LogP contribution is 2.08. The summed E-state index contributed by atoms with van der Waals surface area (Å²) in [6, 6.07) is 0. The van der Waals surface area contributed by atoms with E-state index in [2.05, 4.69) is 4.74 Å². The maximum Gasteiger partial charge on any atom is 0.381 e. The van der Waals surface area contributed by atoms with Crippen molar-refractivity contribution in [1.82, 2.24) is 0 Å². The Kier molecular flexibility index (Phi) is 7.00. The van der Waals surface area contributed by atoms with Gasteiger partial charge in [0.25, 0.3) is 0 Å². The van der Waals surface area contributed by atoms with Crippen molar-refractivity contribution in [2.45, 2.75) is 0 Å². The fourth-order valence-electron chi connectivity index (χ4n) is 1.11. The summed E-state index contributed by atoms with van der Waals surface area (Å²) in [4.78, 5) is 21.6. The highest BCUT2D eigenvalue weighted by Gasteiger charge is 2.24. The lowest BCUT2D eigenvalue weighted by atomic mass is 10.5. The van der Waals surface area contributed by atoms with Gasteiger partial charge < -0.3 is 23.7 Å². The van der Waals surface area contributed by atoms with Crippen LogP contribution in [0.4, 0.5) is 0 Å². The fraction of sp³-hybridized carbons (Fsp3) is 0.636. The highest BCUT2D eigenvalue weighted by atomic mass is 16.6. The summed E-state index contributed by atoms with van der Waals surface area (Å²) >= 11 is 0. The summed E-state index contributed by atoms with van der Waals surface area (Å²) < 4.78 is 24.4. The molecule has 0 fully saturated rings. The third-order valence-electron chi connectivity index (χ3n) is 1.93. The molecule has 0 spiro atoms. The quantitative estimate of drug-likeness (QED) is 0.302. The van der Waals surface area contributed by atoms with Crippen LogP contribution in [0, 0.1) is 0 Å². The lowest BCUT2D eigenvalue weighted by Crippen LogP contribution is -2.12. The average molecular weight is 260 g/mol. The van der Waals surface area contributed by atoms with Gasteiger partial charge in [-0.25, -0.2) is 9.59 Å². The number of cyclic esters (lactones) is 2. The first kappa shape index (κ1) is 14.6. The Labute approximate surface area is 105 Å². The lowest BCUT2D eigenvalue weighted by Gasteiger charge is -2.06. The van der Waals surface area contributed by atoms with Crippen LogP contribution in [0.3, 0.4) is 0 Å². The van der Waals surface area contributed by atoms with Crippen molar-refractivity contribution >= 4 is 11.9 Å². The van der Waals surface area contributed by atoms with Crippen LogP contribution in [0.25, 0.3) is 0 Å². The number of carbonyl (C=O) groups is 2. The van der Waals surface area contributed by atoms with Crippen LogP contribution >= 0.6 is 0 Å². The van der Waals surface area contributed by atoms with Crippen LogP contribution in [0.1, 0.15) is 0 Å². The summed E-state index contributed by atoms with van der Waals surface area (Å²) in [5.74, 6) is -1.55. The molecule has 7 heteroatoms. The van der Waals surface area contributed by atoms with Crippen LogP contribution in [0.2, 0.25) is 0 Å². The molecule has 1 aliphatic rings. The first-order chi connectivity index (χ1) is 8.74. The molecule has 0 saturated heterocycles. The Morgan fingerprint density at radius 2 is 1.61 bits per heavy atom. The molecule has 0 aromatic heterocycles. The monoisotopic (exact) mass is 260 g/mol. The molecule has 1 aliphatic heterocycles. The molecule has 102 valence electrons. The van der Waals surface area contributed by atoms with E-state index in [9.17, 15) is 9.59 Å². The van der Waals surface area contributed by atoms with E-state index in [0.717, 1.165) is 6.08 Å². The first-order valence-corrected chi connectivity index (χ1v) is 5.49. The second kappa shape index (κ2) is 8.62. The van der Waals surface area contributed by atoms with Gasteiger partial charge in [-0.05, 0) is 0 Å². The summed E-state index contributed by atoms with van der Waals surface area (Å²) in [7, 11) is 1.60. The molecule has 1 heterocycles. The average Bonchev–Trinajstić information content (AvgIpc) is 2.66. The highest BCUT2D eigenvalue weighted by molar-refractivity contribution is 6.07. The first-order valence-electron chi connectivity index (χ1n) is 5.49. The number of hydrogen-bond acceptors (Lipinski definition) is 7. The minimum atomic E-state index is -0.761. The number of ether oxygens (including phenoxy) is 5. The molecule has 0 aliphatic carbocycles. The maximum absolute atomic E-state index is 10.9. The van der Waals surface area contributed by atoms with Gasteiger partial charge in [-0.15, -0.1) is 0 Å². The minimum absolute atomic E-state index is 0.0834. The van der Waals surface area contributed by atoms with Crippen LogP contribution in [0.5, 0.6) is 0 Å². The van der Waals surface area contributed by atoms with E-state index >= 15 is 0 Å². The molecule has 7 nitrogen and oxygen atoms in total. The lowest BCUT2D eigenvalue weighted by molar-refractivity contribution is -0.152. The molecule has 1 rings (SSSR count). The van der Waals surface area contributed by atoms with Crippen LogP contribution in [-0.2, 0) is 33.3 Å². The Morgan fingerprint density at radius 3 is 2.17 bits per heavy atom. The molecule has 0 bridgehead atoms. The van der Waals surface area contributed by atoms with Gasteiger partial charge in [-0.1, -0.05) is 0 Å². The van der Waals surface area contributed by atoms with Crippen molar-refractivity contribution < 1.29 is 33.3 Å². The molecule has 0 unspecified atom stereocenters. The second-order valence-corrected chi connectivity index (χ2v) is 3.28. The zero-order valence-corrected chi connectivity index (χ0v) is 10.2. The SMILES string of the molecule is COCCOCCOCCOC1=CC(=O)OC1=O. The number of methoxy groups -OCH3 is 1. The van der Waals surface area contributed by atoms with Gasteiger partial charge in [-0.3, -0.25) is 0 Å². The largest absolute Gasteiger partial charge is 0.484 e. The third-order valence-corrected chi connectivity index (χ3v) is 1.93. The zero-order valence-electron chi connectivity index (χ0n) is 10.2. The molecule has 0 aromatic rings. The Morgan fingerprint density at radius 1 is 1.00 bits per heavy atom. The van der Waals surface area contributed by atoms with Crippen LogP contribution in [0.15, 0.2) is 11.8 Å². The smallest absolute Gasteiger partial charge is 0.381 e. The van der Waals surface area contributed by atoms with E-state index in [1.807, 2.05) is 0 Å². The van der Waals surface area contributed by atoms with Gasteiger partial charge in [0, 0.05) is 7.11 Å². The summed E-state index contributed by atoms with van der Waals surface area (Å²) in [5, 5.41) is 0. The van der Waals surface area contributed by atoms with Crippen molar-refractivity contribution in [2.24, 2.45) is 0 Å². The van der Waals surface area contributed by atoms with E-state index in [1.165, 1.54) is 0 Å². The Hall–Kier alpha value is -1.44. The molecule has 0 atom stereocenters. The van der Waals surface area contributed by atoms with E-state index in [4.69, 9.17) is 18.9 Å². The predicted octanol–water partition coefficient (Wildman–Crippen LogP) is -0.350. The maximum atomic E-state index is 10.9. The molecule has 0 saturated carbocycles. The number of hydrogen-bond donors (Lipinski definition) is 0. The van der Waals surface area contributed by atoms with Crippen molar-refractivity contribution in [2.75, 3.05) is 46.8 Å².